The van der Waals surface area contributed by atoms with Gasteiger partial charge in [0.1, 0.15) is 11.8 Å². The molecule has 0 radical (unpaired) electrons. The van der Waals surface area contributed by atoms with E-state index in [4.69, 9.17) is 4.42 Å². The average Bonchev–Trinajstić information content (AvgIpc) is 3.12. The zero-order valence-corrected chi connectivity index (χ0v) is 14.9. The van der Waals surface area contributed by atoms with Crippen LogP contribution < -0.4 is 4.72 Å². The first kappa shape index (κ1) is 17.7. The lowest BCUT2D eigenvalue weighted by molar-refractivity contribution is -0.135. The number of hydrogen-bond donors (Lipinski definition) is 1. The van der Waals surface area contributed by atoms with Crippen molar-refractivity contribution in [3.8, 4) is 0 Å². The summed E-state index contributed by atoms with van der Waals surface area (Å²) in [6.45, 7) is 0.420. The van der Waals surface area contributed by atoms with E-state index in [0.717, 1.165) is 9.87 Å². The molecule has 1 N–H and O–H groups in total. The Balaban J connectivity index is 1.79. The Morgan fingerprint density at radius 2 is 2.00 bits per heavy atom. The van der Waals surface area contributed by atoms with Gasteiger partial charge in [-0.05, 0) is 24.1 Å². The van der Waals surface area contributed by atoms with Gasteiger partial charge in [-0.15, -0.1) is 0 Å². The fraction of sp³-hybridized carbons (Fsp3) is 0.353. The van der Waals surface area contributed by atoms with Crippen molar-refractivity contribution in [3.63, 3.8) is 0 Å². The molecule has 1 saturated heterocycles. The molecular weight excluding hydrogens is 342 g/mol. The van der Waals surface area contributed by atoms with Gasteiger partial charge in [-0.25, -0.2) is 0 Å². The fourth-order valence-electron chi connectivity index (χ4n) is 2.96. The number of carbonyl (C=O) groups is 1. The van der Waals surface area contributed by atoms with E-state index in [9.17, 15) is 13.2 Å². The largest absolute Gasteiger partial charge is 0.468 e. The Hall–Kier alpha value is -2.16. The van der Waals surface area contributed by atoms with Crippen LogP contribution in [0.25, 0.3) is 0 Å². The molecule has 1 amide bonds. The Kier molecular flexibility index (Phi) is 4.94. The number of nitrogens with one attached hydrogen (secondary N) is 1. The lowest BCUT2D eigenvalue weighted by Gasteiger charge is -2.37. The molecule has 0 aliphatic carbocycles. The van der Waals surface area contributed by atoms with Crippen molar-refractivity contribution in [1.82, 2.24) is 13.9 Å². The van der Waals surface area contributed by atoms with Crippen LogP contribution in [0.5, 0.6) is 0 Å². The predicted molar refractivity (Wildman–Crippen MR) is 92.6 cm³/mol. The van der Waals surface area contributed by atoms with Crippen molar-refractivity contribution in [3.05, 3.63) is 60.1 Å². The van der Waals surface area contributed by atoms with Gasteiger partial charge in [0.05, 0.1) is 12.3 Å². The summed E-state index contributed by atoms with van der Waals surface area (Å²) in [5.41, 5.74) is 0.986. The quantitative estimate of drug-likeness (QED) is 0.893. The van der Waals surface area contributed by atoms with Gasteiger partial charge in [-0.1, -0.05) is 30.3 Å². The molecule has 1 fully saturated rings. The second kappa shape index (κ2) is 6.99. The van der Waals surface area contributed by atoms with E-state index in [0.29, 0.717) is 18.7 Å². The summed E-state index contributed by atoms with van der Waals surface area (Å²) in [5.74, 6) is 0.258. The predicted octanol–water partition coefficient (Wildman–Crippen LogP) is 1.52. The maximum absolute atomic E-state index is 12.9. The molecule has 2 aromatic rings. The first-order chi connectivity index (χ1) is 11.9. The molecular formula is C17H21N3O4S. The van der Waals surface area contributed by atoms with Crippen molar-refractivity contribution in [1.29, 1.82) is 0 Å². The van der Waals surface area contributed by atoms with E-state index in [-0.39, 0.29) is 5.91 Å². The smallest absolute Gasteiger partial charge is 0.280 e. The summed E-state index contributed by atoms with van der Waals surface area (Å²) in [5, 5.41) is 0. The fourth-order valence-corrected chi connectivity index (χ4v) is 4.21. The third kappa shape index (κ3) is 3.76. The summed E-state index contributed by atoms with van der Waals surface area (Å²) in [6, 6.07) is 11.6. The molecule has 0 spiro atoms. The first-order valence-electron chi connectivity index (χ1n) is 7.96. The number of rotatable bonds is 4. The van der Waals surface area contributed by atoms with Gasteiger partial charge >= 0.3 is 0 Å². The maximum atomic E-state index is 12.9. The van der Waals surface area contributed by atoms with E-state index in [1.54, 1.807) is 24.1 Å². The molecule has 2 heterocycles. The number of nitrogens with zero attached hydrogens (tertiary/aromatic N) is 2. The number of likely N-dealkylation sites (N-methyl/N-ethyl adjacent to an activating group) is 2. The van der Waals surface area contributed by atoms with E-state index in [2.05, 4.69) is 4.72 Å². The first-order valence-corrected chi connectivity index (χ1v) is 9.40. The Morgan fingerprint density at radius 3 is 2.64 bits per heavy atom. The lowest BCUT2D eigenvalue weighted by Crippen LogP contribution is -2.57. The highest BCUT2D eigenvalue weighted by Crippen LogP contribution is 2.28. The van der Waals surface area contributed by atoms with Crippen LogP contribution in [-0.4, -0.2) is 43.7 Å². The van der Waals surface area contributed by atoms with Gasteiger partial charge in [-0.2, -0.15) is 17.4 Å². The molecule has 0 bridgehead atoms. The van der Waals surface area contributed by atoms with E-state index in [1.165, 1.54) is 13.3 Å². The molecule has 0 unspecified atom stereocenters. The molecule has 3 rings (SSSR count). The SMILES string of the molecule is CN(Cc1ccccc1)C(=O)[C@H]1C[C@@H](c2ccco2)NS(=O)(=O)N1C. The van der Waals surface area contributed by atoms with Crippen LogP contribution in [-0.2, 0) is 21.5 Å². The van der Waals surface area contributed by atoms with Crippen molar-refractivity contribution >= 4 is 16.1 Å². The van der Waals surface area contributed by atoms with Crippen LogP contribution in [0.4, 0.5) is 0 Å². The van der Waals surface area contributed by atoms with Crippen LogP contribution in [0, 0.1) is 0 Å². The third-order valence-corrected chi connectivity index (χ3v) is 5.97. The zero-order chi connectivity index (χ0) is 18.0. The second-order valence-electron chi connectivity index (χ2n) is 6.14. The van der Waals surface area contributed by atoms with Gasteiger partial charge < -0.3 is 9.32 Å². The minimum absolute atomic E-state index is 0.243. The highest BCUT2D eigenvalue weighted by molar-refractivity contribution is 7.87. The number of benzene rings is 1. The average molecular weight is 363 g/mol. The monoisotopic (exact) mass is 363 g/mol. The molecule has 0 saturated carbocycles. The summed E-state index contributed by atoms with van der Waals surface area (Å²) in [4.78, 5) is 14.4. The van der Waals surface area contributed by atoms with Crippen molar-refractivity contribution in [2.75, 3.05) is 14.1 Å². The van der Waals surface area contributed by atoms with Crippen molar-refractivity contribution in [2.24, 2.45) is 0 Å². The summed E-state index contributed by atoms with van der Waals surface area (Å²) in [6.07, 6.45) is 1.79. The van der Waals surface area contributed by atoms with E-state index >= 15 is 0 Å². The Labute approximate surface area is 147 Å². The Morgan fingerprint density at radius 1 is 1.28 bits per heavy atom. The number of furan rings is 1. The normalized spacial score (nSPS) is 23.3. The standard InChI is InChI=1S/C17H21N3O4S/c1-19(12-13-7-4-3-5-8-13)17(21)15-11-14(16-9-6-10-24-16)18-25(22,23)20(15)2/h3-10,14-15,18H,11-12H2,1-2H3/t14-,15+/m0/s1. The molecule has 2 atom stereocenters. The zero-order valence-electron chi connectivity index (χ0n) is 14.1. The van der Waals surface area contributed by atoms with Crippen LogP contribution >= 0.6 is 0 Å². The van der Waals surface area contributed by atoms with Gasteiger partial charge in [-0.3, -0.25) is 4.79 Å². The lowest BCUT2D eigenvalue weighted by atomic mass is 10.0. The van der Waals surface area contributed by atoms with Crippen LogP contribution in [0.15, 0.2) is 53.1 Å². The van der Waals surface area contributed by atoms with Crippen molar-refractivity contribution < 1.29 is 17.6 Å². The summed E-state index contributed by atoms with van der Waals surface area (Å²) < 4.78 is 33.7. The van der Waals surface area contributed by atoms with Gasteiger partial charge in [0.15, 0.2) is 0 Å². The highest BCUT2D eigenvalue weighted by Gasteiger charge is 2.42. The number of carbonyl (C=O) groups excluding carboxylic acids is 1. The van der Waals surface area contributed by atoms with Crippen LogP contribution in [0.3, 0.4) is 0 Å². The van der Waals surface area contributed by atoms with E-state index in [1.807, 2.05) is 30.3 Å². The minimum atomic E-state index is -3.76. The number of hydrogen-bond acceptors (Lipinski definition) is 4. The van der Waals surface area contributed by atoms with Gasteiger partial charge in [0, 0.05) is 20.6 Å². The van der Waals surface area contributed by atoms with Gasteiger partial charge in [0.25, 0.3) is 10.2 Å². The molecule has 7 nitrogen and oxygen atoms in total. The summed E-state index contributed by atoms with van der Waals surface area (Å²) >= 11 is 0. The van der Waals surface area contributed by atoms with Crippen LogP contribution in [0.1, 0.15) is 23.8 Å². The molecule has 1 aliphatic rings. The Bertz CT molecular complexity index is 821. The third-order valence-electron chi connectivity index (χ3n) is 4.38. The van der Waals surface area contributed by atoms with Gasteiger partial charge in [0.2, 0.25) is 5.91 Å². The molecule has 134 valence electrons. The second-order valence-corrected chi connectivity index (χ2v) is 7.90. The minimum Gasteiger partial charge on any atom is -0.468 e. The molecule has 1 aromatic heterocycles. The van der Waals surface area contributed by atoms with Crippen LogP contribution in [0.2, 0.25) is 0 Å². The van der Waals surface area contributed by atoms with Crippen molar-refractivity contribution in [2.45, 2.75) is 25.0 Å². The molecule has 8 heteroatoms. The molecule has 1 aliphatic heterocycles. The molecule has 25 heavy (non-hydrogen) atoms. The number of amides is 1. The topological polar surface area (TPSA) is 82.9 Å². The molecule has 1 aromatic carbocycles. The maximum Gasteiger partial charge on any atom is 0.280 e. The highest BCUT2D eigenvalue weighted by atomic mass is 32.2. The van der Waals surface area contributed by atoms with E-state index < -0.39 is 22.3 Å². The summed E-state index contributed by atoms with van der Waals surface area (Å²) in [7, 11) is -0.665.